The van der Waals surface area contributed by atoms with Crippen molar-refractivity contribution in [1.82, 2.24) is 14.6 Å². The molecular weight excluding hydrogens is 547 g/mol. The van der Waals surface area contributed by atoms with E-state index < -0.39 is 38.7 Å². The topological polar surface area (TPSA) is 117 Å². The predicted molar refractivity (Wildman–Crippen MR) is 132 cm³/mol. The number of carboxylic acids is 1. The molecule has 0 saturated carbocycles. The van der Waals surface area contributed by atoms with Gasteiger partial charge in [0.05, 0.1) is 21.6 Å². The number of pyridine rings is 1. The highest BCUT2D eigenvalue weighted by molar-refractivity contribution is 7.89. The Hall–Kier alpha value is -3.48. The summed E-state index contributed by atoms with van der Waals surface area (Å²) in [6.07, 6.45) is -3.31. The molecule has 200 valence electrons. The molecule has 1 fully saturated rings. The number of hydrogen-bond acceptors (Lipinski definition) is 5. The van der Waals surface area contributed by atoms with Crippen molar-refractivity contribution in [2.24, 2.45) is 0 Å². The lowest BCUT2D eigenvalue weighted by Crippen LogP contribution is -2.46. The number of aromatic nitrogens is 1. The lowest BCUT2D eigenvalue weighted by atomic mass is 9.98. The standard InChI is InChI=1S/C25H21ClF3N3O5S/c26-22-8-6-16(14-30-22)23(33)32-11-9-17(10-12-32)31-38(36,37)21-7-5-15(13-20(21)25(27,28)29)18-3-1-2-4-19(18)24(34)35/h1-8,13-14,17,31H,9-12H2,(H,34,35). The monoisotopic (exact) mass is 567 g/mol. The second-order valence-electron chi connectivity index (χ2n) is 8.62. The molecule has 0 spiro atoms. The fraction of sp³-hybridized carbons (Fsp3) is 0.240. The van der Waals surface area contributed by atoms with Crippen LogP contribution in [0.4, 0.5) is 13.2 Å². The fourth-order valence-corrected chi connectivity index (χ4v) is 5.87. The number of carbonyl (C=O) groups is 2. The number of aromatic carboxylic acids is 1. The van der Waals surface area contributed by atoms with Gasteiger partial charge in [-0.3, -0.25) is 4.79 Å². The number of rotatable bonds is 6. The van der Waals surface area contributed by atoms with Gasteiger partial charge in [0, 0.05) is 25.3 Å². The molecule has 1 aromatic heterocycles. The molecule has 2 aromatic carbocycles. The number of likely N-dealkylation sites (tertiary alicyclic amines) is 1. The molecule has 8 nitrogen and oxygen atoms in total. The third-order valence-corrected chi connectivity index (χ3v) is 7.92. The highest BCUT2D eigenvalue weighted by Gasteiger charge is 2.39. The van der Waals surface area contributed by atoms with Crippen LogP contribution in [0.3, 0.4) is 0 Å². The first-order valence-corrected chi connectivity index (χ1v) is 13.2. The second kappa shape index (κ2) is 10.7. The number of benzene rings is 2. The number of alkyl halides is 3. The van der Waals surface area contributed by atoms with E-state index in [2.05, 4.69) is 9.71 Å². The van der Waals surface area contributed by atoms with Gasteiger partial charge in [0.15, 0.2) is 0 Å². The smallest absolute Gasteiger partial charge is 0.417 e. The van der Waals surface area contributed by atoms with E-state index in [1.807, 2.05) is 0 Å². The average Bonchev–Trinajstić information content (AvgIpc) is 2.88. The van der Waals surface area contributed by atoms with Gasteiger partial charge in [-0.25, -0.2) is 22.9 Å². The minimum absolute atomic E-state index is 0.0235. The molecule has 0 unspecified atom stereocenters. The summed E-state index contributed by atoms with van der Waals surface area (Å²) in [4.78, 5) is 28.6. The highest BCUT2D eigenvalue weighted by atomic mass is 35.5. The van der Waals surface area contributed by atoms with Gasteiger partial charge in [0.25, 0.3) is 5.91 Å². The van der Waals surface area contributed by atoms with Crippen molar-refractivity contribution >= 4 is 33.5 Å². The van der Waals surface area contributed by atoms with E-state index in [1.54, 1.807) is 0 Å². The summed E-state index contributed by atoms with van der Waals surface area (Å²) in [5.74, 6) is -1.64. The molecule has 2 N–H and O–H groups in total. The largest absolute Gasteiger partial charge is 0.478 e. The number of halogens is 4. The number of amides is 1. The molecule has 0 radical (unpaired) electrons. The summed E-state index contributed by atoms with van der Waals surface area (Å²) in [6.45, 7) is 0.372. The Bertz CT molecular complexity index is 1470. The Morgan fingerprint density at radius 1 is 1.05 bits per heavy atom. The van der Waals surface area contributed by atoms with Gasteiger partial charge in [-0.1, -0.05) is 35.9 Å². The summed E-state index contributed by atoms with van der Waals surface area (Å²) >= 11 is 5.74. The number of nitrogens with one attached hydrogen (secondary N) is 1. The van der Waals surface area contributed by atoms with E-state index in [4.69, 9.17) is 11.6 Å². The molecule has 0 bridgehead atoms. The van der Waals surface area contributed by atoms with Crippen LogP contribution < -0.4 is 4.72 Å². The number of carboxylic acid groups (broad SMARTS) is 1. The maximum absolute atomic E-state index is 14.0. The molecule has 1 aliphatic heterocycles. The quantitative estimate of drug-likeness (QED) is 0.417. The summed E-state index contributed by atoms with van der Waals surface area (Å²) in [7, 11) is -4.61. The molecule has 0 aliphatic carbocycles. The van der Waals surface area contributed by atoms with Gasteiger partial charge in [-0.15, -0.1) is 0 Å². The Morgan fingerprint density at radius 2 is 1.74 bits per heavy atom. The lowest BCUT2D eigenvalue weighted by molar-refractivity contribution is -0.139. The Balaban J connectivity index is 1.54. The minimum atomic E-state index is -5.03. The summed E-state index contributed by atoms with van der Waals surface area (Å²) in [6, 6.07) is 10.4. The highest BCUT2D eigenvalue weighted by Crippen LogP contribution is 2.38. The third-order valence-electron chi connectivity index (χ3n) is 6.12. The normalized spacial score (nSPS) is 14.9. The van der Waals surface area contributed by atoms with Crippen LogP contribution in [0.5, 0.6) is 0 Å². The predicted octanol–water partition coefficient (Wildman–Crippen LogP) is 4.70. The van der Waals surface area contributed by atoms with Gasteiger partial charge in [0.1, 0.15) is 5.15 Å². The van der Waals surface area contributed by atoms with Crippen LogP contribution in [0.25, 0.3) is 11.1 Å². The molecule has 13 heteroatoms. The molecule has 1 saturated heterocycles. The molecule has 38 heavy (non-hydrogen) atoms. The van der Waals surface area contributed by atoms with Crippen molar-refractivity contribution in [1.29, 1.82) is 0 Å². The van der Waals surface area contributed by atoms with Gasteiger partial charge in [-0.05, 0) is 54.3 Å². The number of nitrogens with zero attached hydrogens (tertiary/aromatic N) is 2. The molecule has 1 amide bonds. The molecular formula is C25H21ClF3N3O5S. The van der Waals surface area contributed by atoms with Crippen molar-refractivity contribution in [3.05, 3.63) is 82.6 Å². The summed E-state index contributed by atoms with van der Waals surface area (Å²) in [5.41, 5.74) is -1.38. The zero-order chi connectivity index (χ0) is 27.7. The molecule has 3 aromatic rings. The molecule has 1 aliphatic rings. The van der Waals surface area contributed by atoms with Crippen molar-refractivity contribution in [2.45, 2.75) is 30.0 Å². The van der Waals surface area contributed by atoms with E-state index in [1.165, 1.54) is 47.5 Å². The van der Waals surface area contributed by atoms with Gasteiger partial charge in [0.2, 0.25) is 10.0 Å². The van der Waals surface area contributed by atoms with Crippen LogP contribution in [0.2, 0.25) is 5.15 Å². The molecule has 4 rings (SSSR count). The van der Waals surface area contributed by atoms with Gasteiger partial charge < -0.3 is 10.0 Å². The third kappa shape index (κ3) is 5.98. The first-order valence-electron chi connectivity index (χ1n) is 11.3. The molecule has 0 atom stereocenters. The maximum atomic E-state index is 14.0. The zero-order valence-electron chi connectivity index (χ0n) is 19.6. The number of hydrogen-bond donors (Lipinski definition) is 2. The average molecular weight is 568 g/mol. The van der Waals surface area contributed by atoms with Crippen LogP contribution in [-0.2, 0) is 16.2 Å². The Labute approximate surface area is 221 Å². The van der Waals surface area contributed by atoms with Crippen LogP contribution in [-0.4, -0.2) is 54.4 Å². The van der Waals surface area contributed by atoms with Crippen LogP contribution in [0, 0.1) is 0 Å². The van der Waals surface area contributed by atoms with Crippen LogP contribution >= 0.6 is 11.6 Å². The van der Waals surface area contributed by atoms with Crippen molar-refractivity contribution in [2.75, 3.05) is 13.1 Å². The lowest BCUT2D eigenvalue weighted by Gasteiger charge is -2.32. The van der Waals surface area contributed by atoms with E-state index in [0.29, 0.717) is 11.6 Å². The maximum Gasteiger partial charge on any atom is 0.417 e. The van der Waals surface area contributed by atoms with E-state index in [9.17, 15) is 36.3 Å². The van der Waals surface area contributed by atoms with Gasteiger partial charge >= 0.3 is 12.1 Å². The first kappa shape index (κ1) is 27.6. The summed E-state index contributed by atoms with van der Waals surface area (Å²) < 4.78 is 70.4. The van der Waals surface area contributed by atoms with Crippen molar-refractivity contribution in [3.63, 3.8) is 0 Å². The number of sulfonamides is 1. The number of piperidine rings is 1. The zero-order valence-corrected chi connectivity index (χ0v) is 21.1. The van der Waals surface area contributed by atoms with E-state index in [0.717, 1.165) is 12.1 Å². The number of carbonyl (C=O) groups excluding carboxylic acids is 1. The van der Waals surface area contributed by atoms with Gasteiger partial charge in [-0.2, -0.15) is 13.2 Å². The fourth-order valence-electron chi connectivity index (χ4n) is 4.24. The Kier molecular flexibility index (Phi) is 7.77. The minimum Gasteiger partial charge on any atom is -0.478 e. The van der Waals surface area contributed by atoms with E-state index in [-0.39, 0.29) is 53.7 Å². The van der Waals surface area contributed by atoms with Crippen molar-refractivity contribution in [3.8, 4) is 11.1 Å². The molecule has 2 heterocycles. The summed E-state index contributed by atoms with van der Waals surface area (Å²) in [5, 5.41) is 9.62. The van der Waals surface area contributed by atoms with Crippen molar-refractivity contribution < 1.29 is 36.3 Å². The van der Waals surface area contributed by atoms with E-state index >= 15 is 0 Å². The Morgan fingerprint density at radius 3 is 2.34 bits per heavy atom. The second-order valence-corrected chi connectivity index (χ2v) is 10.7. The SMILES string of the molecule is O=C(O)c1ccccc1-c1ccc(S(=O)(=O)NC2CCN(C(=O)c3ccc(Cl)nc3)CC2)c(C(F)(F)F)c1. The first-order chi connectivity index (χ1) is 17.9. The van der Waals surface area contributed by atoms with Crippen LogP contribution in [0.1, 0.15) is 39.1 Å². The van der Waals surface area contributed by atoms with Crippen LogP contribution in [0.15, 0.2) is 65.7 Å².